The van der Waals surface area contributed by atoms with Crippen molar-refractivity contribution in [2.45, 2.75) is 20.0 Å². The fraction of sp³-hybridized carbons (Fsp3) is 0.429. The van der Waals surface area contributed by atoms with Gasteiger partial charge in [0.25, 0.3) is 0 Å². The van der Waals surface area contributed by atoms with Gasteiger partial charge in [-0.15, -0.1) is 0 Å². The van der Waals surface area contributed by atoms with Crippen molar-refractivity contribution in [2.75, 3.05) is 44.2 Å². The molecule has 1 saturated heterocycles. The van der Waals surface area contributed by atoms with Crippen molar-refractivity contribution in [3.05, 3.63) is 59.4 Å². The number of aliphatic hydroxyl groups is 1. The average Bonchev–Trinajstić information content (AvgIpc) is 2.60. The zero-order valence-electron chi connectivity index (χ0n) is 15.5. The van der Waals surface area contributed by atoms with Crippen molar-refractivity contribution in [3.63, 3.8) is 0 Å². The van der Waals surface area contributed by atoms with Gasteiger partial charge >= 0.3 is 0 Å². The molecule has 5 heteroatoms. The molecule has 0 aromatic heterocycles. The van der Waals surface area contributed by atoms with Crippen molar-refractivity contribution in [1.82, 2.24) is 0 Å². The van der Waals surface area contributed by atoms with Gasteiger partial charge in [0.2, 0.25) is 0 Å². The van der Waals surface area contributed by atoms with E-state index in [1.807, 2.05) is 38.1 Å². The molecule has 26 heavy (non-hydrogen) atoms. The first-order chi connectivity index (χ1) is 12.5. The highest BCUT2D eigenvalue weighted by molar-refractivity contribution is 5.47. The van der Waals surface area contributed by atoms with E-state index in [0.29, 0.717) is 18.8 Å². The molecule has 0 radical (unpaired) electrons. The van der Waals surface area contributed by atoms with Crippen LogP contribution >= 0.6 is 0 Å². The lowest BCUT2D eigenvalue weighted by atomic mass is 10.1. The number of hydrogen-bond acceptors (Lipinski definition) is 3. The smallest absolute Gasteiger partial charge is 0.146 e. The maximum absolute atomic E-state index is 13.9. The zero-order chi connectivity index (χ0) is 18.5. The largest absolute Gasteiger partial charge is 0.491 e. The van der Waals surface area contributed by atoms with E-state index in [1.54, 1.807) is 6.07 Å². The summed E-state index contributed by atoms with van der Waals surface area (Å²) in [6.07, 6.45) is -0.508. The Hall–Kier alpha value is -2.11. The minimum absolute atomic E-state index is 0.169. The summed E-state index contributed by atoms with van der Waals surface area (Å²) in [6.45, 7) is 8.37. The van der Waals surface area contributed by atoms with Crippen LogP contribution in [0.2, 0.25) is 0 Å². The number of rotatable bonds is 6. The number of nitrogens with zero attached hydrogens (tertiary/aromatic N) is 1. The average molecular weight is 359 g/mol. The van der Waals surface area contributed by atoms with E-state index in [2.05, 4.69) is 11.0 Å². The Kier molecular flexibility index (Phi) is 6.12. The number of quaternary nitrogens is 1. The predicted molar refractivity (Wildman–Crippen MR) is 102 cm³/mol. The number of nitrogens with one attached hydrogen (secondary N) is 1. The number of aryl methyl sites for hydroxylation is 2. The van der Waals surface area contributed by atoms with Crippen LogP contribution in [-0.2, 0) is 0 Å². The quantitative estimate of drug-likeness (QED) is 0.823. The van der Waals surface area contributed by atoms with E-state index in [1.165, 1.54) is 11.0 Å². The Morgan fingerprint density at radius 1 is 1.12 bits per heavy atom. The number of hydrogen-bond donors (Lipinski definition) is 2. The first-order valence-electron chi connectivity index (χ1n) is 9.23. The number of halogens is 1. The third kappa shape index (κ3) is 4.96. The second-order valence-corrected chi connectivity index (χ2v) is 7.18. The van der Waals surface area contributed by atoms with Gasteiger partial charge in [-0.3, -0.25) is 0 Å². The molecular weight excluding hydrogens is 331 g/mol. The van der Waals surface area contributed by atoms with Gasteiger partial charge in [0, 0.05) is 0 Å². The first-order valence-corrected chi connectivity index (χ1v) is 9.23. The number of benzene rings is 2. The van der Waals surface area contributed by atoms with Crippen LogP contribution in [0.25, 0.3) is 0 Å². The Balaban J connectivity index is 1.44. The van der Waals surface area contributed by atoms with Gasteiger partial charge < -0.3 is 19.6 Å². The molecule has 2 aromatic rings. The van der Waals surface area contributed by atoms with Crippen LogP contribution in [0.5, 0.6) is 5.75 Å². The molecule has 4 nitrogen and oxygen atoms in total. The summed E-state index contributed by atoms with van der Waals surface area (Å²) in [5.74, 6) is 0.638. The van der Waals surface area contributed by atoms with E-state index >= 15 is 0 Å². The molecule has 0 saturated carbocycles. The van der Waals surface area contributed by atoms with Crippen LogP contribution in [0.4, 0.5) is 10.1 Å². The van der Waals surface area contributed by atoms with E-state index in [0.717, 1.165) is 43.1 Å². The van der Waals surface area contributed by atoms with Crippen LogP contribution in [0.1, 0.15) is 11.1 Å². The van der Waals surface area contributed by atoms with Crippen molar-refractivity contribution >= 4 is 5.69 Å². The minimum Gasteiger partial charge on any atom is -0.491 e. The van der Waals surface area contributed by atoms with Crippen LogP contribution in [0, 0.1) is 19.7 Å². The minimum atomic E-state index is -0.508. The Labute approximate surface area is 154 Å². The molecule has 1 fully saturated rings. The highest BCUT2D eigenvalue weighted by Gasteiger charge is 2.24. The maximum atomic E-state index is 13.9. The summed E-state index contributed by atoms with van der Waals surface area (Å²) in [5, 5.41) is 10.3. The van der Waals surface area contributed by atoms with Gasteiger partial charge in [0.1, 0.15) is 30.8 Å². The van der Waals surface area contributed by atoms with Crippen molar-refractivity contribution in [1.29, 1.82) is 0 Å². The molecule has 1 aliphatic heterocycles. The zero-order valence-corrected chi connectivity index (χ0v) is 15.5. The van der Waals surface area contributed by atoms with Gasteiger partial charge in [-0.05, 0) is 49.2 Å². The lowest BCUT2D eigenvalue weighted by Gasteiger charge is -2.34. The number of para-hydroxylation sites is 1. The maximum Gasteiger partial charge on any atom is 0.146 e. The summed E-state index contributed by atoms with van der Waals surface area (Å²) in [7, 11) is 0. The summed E-state index contributed by atoms with van der Waals surface area (Å²) in [6, 6.07) is 13.0. The molecule has 1 heterocycles. The predicted octanol–water partition coefficient (Wildman–Crippen LogP) is 1.59. The molecule has 1 aliphatic rings. The van der Waals surface area contributed by atoms with Crippen LogP contribution in [0.15, 0.2) is 42.5 Å². The fourth-order valence-electron chi connectivity index (χ4n) is 3.58. The molecule has 3 rings (SSSR count). The monoisotopic (exact) mass is 359 g/mol. The van der Waals surface area contributed by atoms with Crippen molar-refractivity contribution in [2.24, 2.45) is 0 Å². The normalized spacial score (nSPS) is 16.5. The van der Waals surface area contributed by atoms with E-state index in [9.17, 15) is 9.50 Å². The number of piperazine rings is 1. The summed E-state index contributed by atoms with van der Waals surface area (Å²) in [5.41, 5.74) is 2.99. The molecule has 1 unspecified atom stereocenters. The third-order valence-corrected chi connectivity index (χ3v) is 4.83. The van der Waals surface area contributed by atoms with Crippen molar-refractivity contribution in [3.8, 4) is 5.75 Å². The number of aliphatic hydroxyl groups excluding tert-OH is 1. The van der Waals surface area contributed by atoms with E-state index in [-0.39, 0.29) is 5.82 Å². The van der Waals surface area contributed by atoms with Gasteiger partial charge in [-0.25, -0.2) is 4.39 Å². The highest BCUT2D eigenvalue weighted by Crippen LogP contribution is 2.18. The van der Waals surface area contributed by atoms with Crippen LogP contribution in [0.3, 0.4) is 0 Å². The molecule has 0 amide bonds. The number of ether oxygens (including phenoxy) is 1. The van der Waals surface area contributed by atoms with Gasteiger partial charge in [0.15, 0.2) is 0 Å². The summed E-state index contributed by atoms with van der Waals surface area (Å²) < 4.78 is 19.6. The van der Waals surface area contributed by atoms with E-state index in [4.69, 9.17) is 4.74 Å². The molecule has 0 bridgehead atoms. The Morgan fingerprint density at radius 3 is 2.42 bits per heavy atom. The summed E-state index contributed by atoms with van der Waals surface area (Å²) >= 11 is 0. The van der Waals surface area contributed by atoms with Gasteiger partial charge in [-0.2, -0.15) is 0 Å². The number of anilines is 1. The third-order valence-electron chi connectivity index (χ3n) is 4.83. The Morgan fingerprint density at radius 2 is 1.77 bits per heavy atom. The fourth-order valence-corrected chi connectivity index (χ4v) is 3.58. The first kappa shape index (κ1) is 18.7. The lowest BCUT2D eigenvalue weighted by Crippen LogP contribution is -3.16. The topological polar surface area (TPSA) is 37.1 Å². The molecule has 0 spiro atoms. The van der Waals surface area contributed by atoms with Crippen LogP contribution in [-0.4, -0.2) is 50.5 Å². The van der Waals surface area contributed by atoms with E-state index < -0.39 is 6.10 Å². The second-order valence-electron chi connectivity index (χ2n) is 7.18. The Bertz CT molecular complexity index is 709. The molecule has 140 valence electrons. The standard InChI is InChI=1S/C21H27FN2O2/c1-16-11-17(2)13-19(12-16)26-15-18(25)14-23-7-9-24(10-8-23)21-6-4-3-5-20(21)22/h3-6,11-13,18,25H,7-10,14-15H2,1-2H3/p+1. The highest BCUT2D eigenvalue weighted by atomic mass is 19.1. The summed E-state index contributed by atoms with van der Waals surface area (Å²) in [4.78, 5) is 3.41. The van der Waals surface area contributed by atoms with Crippen LogP contribution < -0.4 is 14.5 Å². The van der Waals surface area contributed by atoms with Gasteiger partial charge in [0.05, 0.1) is 31.9 Å². The molecule has 0 aliphatic carbocycles. The molecular formula is C21H28FN2O2+. The second kappa shape index (κ2) is 8.52. The molecule has 2 aromatic carbocycles. The lowest BCUT2D eigenvalue weighted by molar-refractivity contribution is -0.903. The van der Waals surface area contributed by atoms with Crippen molar-refractivity contribution < 1.29 is 19.1 Å². The SMILES string of the molecule is Cc1cc(C)cc(OCC(O)C[NH+]2CCN(c3ccccc3F)CC2)c1. The van der Waals surface area contributed by atoms with Gasteiger partial charge in [-0.1, -0.05) is 18.2 Å². The molecule has 2 N–H and O–H groups in total. The molecule has 1 atom stereocenters.